The minimum Gasteiger partial charge on any atom is -0.220 e. The Morgan fingerprint density at radius 1 is 1.67 bits per heavy atom. The zero-order valence-electron chi connectivity index (χ0n) is 5.57. The molecule has 0 fully saturated rings. The fourth-order valence-electron chi connectivity index (χ4n) is 0.509. The molecule has 1 atom stereocenters. The van der Waals surface area contributed by atoms with E-state index in [0.717, 1.165) is 6.42 Å². The first-order valence-electron chi connectivity index (χ1n) is 3.00. The predicted octanol–water partition coefficient (Wildman–Crippen LogP) is 0.444. The molecule has 49 valence electrons. The second-order valence-corrected chi connectivity index (χ2v) is 1.98. The smallest absolute Gasteiger partial charge is 0.220 e. The highest BCUT2D eigenvalue weighted by Crippen LogP contribution is 2.03. The second-order valence-electron chi connectivity index (χ2n) is 1.98. The fraction of sp³-hybridized carbons (Fsp3) is 0.800. The van der Waals surface area contributed by atoms with Crippen molar-refractivity contribution >= 4 is 0 Å². The van der Waals surface area contributed by atoms with E-state index in [1.807, 2.05) is 6.92 Å². The minimum absolute atomic E-state index is 0.361. The molecule has 0 aliphatic heterocycles. The zero-order valence-corrected chi connectivity index (χ0v) is 5.57. The van der Waals surface area contributed by atoms with Crippen molar-refractivity contribution in [2.45, 2.75) is 26.3 Å². The molecule has 0 N–H and O–H groups in total. The van der Waals surface area contributed by atoms with Crippen LogP contribution in [0.4, 0.5) is 0 Å². The summed E-state index contributed by atoms with van der Waals surface area (Å²) in [5.74, 6) is 0. The third kappa shape index (κ3) is 1.25. The molecular weight excluding hydrogens is 116 g/mol. The van der Waals surface area contributed by atoms with E-state index in [1.165, 1.54) is 0 Å². The highest BCUT2D eigenvalue weighted by molar-refractivity contribution is 4.54. The van der Waals surface area contributed by atoms with Crippen LogP contribution in [-0.4, -0.2) is 20.2 Å². The summed E-state index contributed by atoms with van der Waals surface area (Å²) in [6.07, 6.45) is 3.66. The molecule has 0 spiro atoms. The van der Waals surface area contributed by atoms with E-state index < -0.39 is 0 Å². The molecular formula is C5H9N4. The van der Waals surface area contributed by atoms with Crippen LogP contribution in [-0.2, 0) is 0 Å². The Morgan fingerprint density at radius 3 is 2.89 bits per heavy atom. The maximum absolute atomic E-state index is 3.69. The van der Waals surface area contributed by atoms with Crippen molar-refractivity contribution in [2.75, 3.05) is 0 Å². The summed E-state index contributed by atoms with van der Waals surface area (Å²) in [7, 11) is 0. The Bertz CT molecular complexity index is 157. The van der Waals surface area contributed by atoms with Gasteiger partial charge in [-0.15, -0.1) is 5.10 Å². The molecule has 0 bridgehead atoms. The number of rotatable bonds is 2. The van der Waals surface area contributed by atoms with E-state index in [4.69, 9.17) is 0 Å². The lowest BCUT2D eigenvalue weighted by Gasteiger charge is -2.03. The van der Waals surface area contributed by atoms with Gasteiger partial charge < -0.3 is 0 Å². The lowest BCUT2D eigenvalue weighted by Crippen LogP contribution is -2.04. The lowest BCUT2D eigenvalue weighted by molar-refractivity contribution is 0.461. The lowest BCUT2D eigenvalue weighted by atomic mass is 10.3. The Morgan fingerprint density at radius 2 is 2.44 bits per heavy atom. The Balaban J connectivity index is 2.65. The quantitative estimate of drug-likeness (QED) is 0.576. The van der Waals surface area contributed by atoms with Crippen LogP contribution in [0.1, 0.15) is 26.3 Å². The first kappa shape index (κ1) is 6.19. The highest BCUT2D eigenvalue weighted by Gasteiger charge is 2.00. The van der Waals surface area contributed by atoms with Gasteiger partial charge in [-0.1, -0.05) is 6.92 Å². The van der Waals surface area contributed by atoms with Crippen molar-refractivity contribution in [3.8, 4) is 0 Å². The van der Waals surface area contributed by atoms with Gasteiger partial charge in [0.15, 0.2) is 0 Å². The summed E-state index contributed by atoms with van der Waals surface area (Å²) in [5, 5.41) is 10.6. The molecule has 1 unspecified atom stereocenters. The van der Waals surface area contributed by atoms with Gasteiger partial charge in [-0.2, -0.15) is 0 Å². The van der Waals surface area contributed by atoms with Gasteiger partial charge >= 0.3 is 0 Å². The highest BCUT2D eigenvalue weighted by atomic mass is 15.5. The first-order valence-corrected chi connectivity index (χ1v) is 3.00. The van der Waals surface area contributed by atoms with E-state index in [9.17, 15) is 0 Å². The van der Waals surface area contributed by atoms with Gasteiger partial charge in [-0.05, 0) is 23.8 Å². The van der Waals surface area contributed by atoms with Crippen molar-refractivity contribution in [3.63, 3.8) is 0 Å². The minimum atomic E-state index is 0.361. The average Bonchev–Trinajstić information content (AvgIpc) is 2.37. The van der Waals surface area contributed by atoms with E-state index in [2.05, 4.69) is 28.8 Å². The van der Waals surface area contributed by atoms with E-state index in [1.54, 1.807) is 4.68 Å². The van der Waals surface area contributed by atoms with Crippen LogP contribution in [0, 0.1) is 6.33 Å². The molecule has 0 saturated carbocycles. The summed E-state index contributed by atoms with van der Waals surface area (Å²) in [5.41, 5.74) is 0. The fourth-order valence-corrected chi connectivity index (χ4v) is 0.509. The van der Waals surface area contributed by atoms with E-state index >= 15 is 0 Å². The van der Waals surface area contributed by atoms with Gasteiger partial charge in [0, 0.05) is 0 Å². The molecule has 9 heavy (non-hydrogen) atoms. The summed E-state index contributed by atoms with van der Waals surface area (Å²) in [6.45, 7) is 4.13. The number of aromatic nitrogens is 4. The monoisotopic (exact) mass is 125 g/mol. The van der Waals surface area contributed by atoms with Crippen LogP contribution in [0.3, 0.4) is 0 Å². The average molecular weight is 125 g/mol. The van der Waals surface area contributed by atoms with Crippen LogP contribution in [0.2, 0.25) is 0 Å². The van der Waals surface area contributed by atoms with Crippen molar-refractivity contribution in [3.05, 3.63) is 6.33 Å². The van der Waals surface area contributed by atoms with Crippen LogP contribution in [0.25, 0.3) is 0 Å². The molecule has 1 heterocycles. The maximum atomic E-state index is 3.69. The Labute approximate surface area is 53.9 Å². The number of hydrogen-bond acceptors (Lipinski definition) is 3. The molecule has 1 aromatic heterocycles. The zero-order chi connectivity index (χ0) is 6.69. The Hall–Kier alpha value is -0.930. The van der Waals surface area contributed by atoms with Gasteiger partial charge in [0.05, 0.1) is 6.04 Å². The predicted molar refractivity (Wildman–Crippen MR) is 31.7 cm³/mol. The van der Waals surface area contributed by atoms with E-state index in [-0.39, 0.29) is 0 Å². The van der Waals surface area contributed by atoms with Gasteiger partial charge in [0.2, 0.25) is 6.33 Å². The largest absolute Gasteiger partial charge is 0.221 e. The summed E-state index contributed by atoms with van der Waals surface area (Å²) in [4.78, 5) is 0. The normalized spacial score (nSPS) is 13.6. The molecule has 1 radical (unpaired) electrons. The van der Waals surface area contributed by atoms with Crippen LogP contribution < -0.4 is 0 Å². The van der Waals surface area contributed by atoms with Crippen LogP contribution in [0.15, 0.2) is 0 Å². The molecule has 0 aromatic carbocycles. The summed E-state index contributed by atoms with van der Waals surface area (Å²) in [6, 6.07) is 0.361. The van der Waals surface area contributed by atoms with E-state index in [0.29, 0.717) is 6.04 Å². The molecule has 1 aromatic rings. The molecule has 0 amide bonds. The SMILES string of the molecule is CCC(C)n1[c]nnn1. The van der Waals surface area contributed by atoms with Crippen molar-refractivity contribution < 1.29 is 0 Å². The van der Waals surface area contributed by atoms with Gasteiger partial charge in [0.1, 0.15) is 0 Å². The third-order valence-corrected chi connectivity index (χ3v) is 1.34. The molecule has 4 nitrogen and oxygen atoms in total. The maximum Gasteiger partial charge on any atom is 0.221 e. The molecule has 0 aliphatic carbocycles. The van der Waals surface area contributed by atoms with Gasteiger partial charge in [-0.3, -0.25) is 0 Å². The number of tetrazole rings is 1. The third-order valence-electron chi connectivity index (χ3n) is 1.34. The van der Waals surface area contributed by atoms with Crippen molar-refractivity contribution in [2.24, 2.45) is 0 Å². The summed E-state index contributed by atoms with van der Waals surface area (Å²) >= 11 is 0. The standard InChI is InChI=1S/C5H9N4/c1-3-5(2)9-4-6-7-8-9/h5H,3H2,1-2H3. The number of hydrogen-bond donors (Lipinski definition) is 0. The number of nitrogens with zero attached hydrogens (tertiary/aromatic N) is 4. The van der Waals surface area contributed by atoms with Crippen molar-refractivity contribution in [1.29, 1.82) is 0 Å². The topological polar surface area (TPSA) is 43.6 Å². The summed E-state index contributed by atoms with van der Waals surface area (Å²) < 4.78 is 1.62. The molecule has 1 rings (SSSR count). The van der Waals surface area contributed by atoms with Gasteiger partial charge in [0.25, 0.3) is 0 Å². The molecule has 4 heteroatoms. The molecule has 0 saturated heterocycles. The van der Waals surface area contributed by atoms with Gasteiger partial charge in [-0.25, -0.2) is 4.68 Å². The Kier molecular flexibility index (Phi) is 1.77. The van der Waals surface area contributed by atoms with Crippen LogP contribution in [0.5, 0.6) is 0 Å². The molecule has 0 aliphatic rings. The second kappa shape index (κ2) is 2.57. The van der Waals surface area contributed by atoms with Crippen molar-refractivity contribution in [1.82, 2.24) is 20.2 Å². The van der Waals surface area contributed by atoms with Crippen LogP contribution >= 0.6 is 0 Å². The first-order chi connectivity index (χ1) is 4.34.